The fraction of sp³-hybridized carbons (Fsp3) is 0.357. The molecule has 1 saturated heterocycles. The average molecular weight is 308 g/mol. The lowest BCUT2D eigenvalue weighted by molar-refractivity contribution is -0.147. The first-order chi connectivity index (χ1) is 10.0. The van der Waals surface area contributed by atoms with Crippen molar-refractivity contribution in [3.8, 4) is 0 Å². The molecule has 1 atom stereocenters. The summed E-state index contributed by atoms with van der Waals surface area (Å²) < 4.78 is 6.96. The Hall–Kier alpha value is -1.92. The van der Waals surface area contributed by atoms with Crippen LogP contribution in [0, 0.1) is 0 Å². The minimum absolute atomic E-state index is 0.0481. The molecule has 7 heteroatoms. The minimum atomic E-state index is -0.211. The van der Waals surface area contributed by atoms with Gasteiger partial charge < -0.3 is 9.64 Å². The molecule has 6 nitrogen and oxygen atoms in total. The van der Waals surface area contributed by atoms with Gasteiger partial charge in [0.2, 0.25) is 5.91 Å². The number of carbonyl (C=O) groups is 1. The van der Waals surface area contributed by atoms with Gasteiger partial charge in [-0.3, -0.25) is 14.2 Å². The third-order valence-electron chi connectivity index (χ3n) is 3.53. The molecular formula is C14H14ClN3O3. The van der Waals surface area contributed by atoms with Crippen molar-refractivity contribution >= 4 is 28.4 Å². The molecule has 3 rings (SSSR count). The highest BCUT2D eigenvalue weighted by molar-refractivity contribution is 6.31. The summed E-state index contributed by atoms with van der Waals surface area (Å²) in [6.07, 6.45) is 1.28. The van der Waals surface area contributed by atoms with Gasteiger partial charge in [-0.2, -0.15) is 0 Å². The average Bonchev–Trinajstić information content (AvgIpc) is 2.46. The smallest absolute Gasteiger partial charge is 0.261 e. The normalized spacial score (nSPS) is 19.2. The Bertz CT molecular complexity index is 759. The van der Waals surface area contributed by atoms with Gasteiger partial charge in [-0.05, 0) is 18.2 Å². The van der Waals surface area contributed by atoms with E-state index in [1.54, 1.807) is 30.1 Å². The number of morpholine rings is 1. The summed E-state index contributed by atoms with van der Waals surface area (Å²) in [7, 11) is 1.72. The molecule has 1 fully saturated rings. The quantitative estimate of drug-likeness (QED) is 0.827. The summed E-state index contributed by atoms with van der Waals surface area (Å²) in [4.78, 5) is 29.6. The molecule has 0 saturated carbocycles. The molecule has 110 valence electrons. The second-order valence-electron chi connectivity index (χ2n) is 5.07. The van der Waals surface area contributed by atoms with E-state index in [2.05, 4.69) is 4.98 Å². The van der Waals surface area contributed by atoms with Gasteiger partial charge in [0.15, 0.2) is 0 Å². The molecule has 1 aromatic carbocycles. The predicted molar refractivity (Wildman–Crippen MR) is 78.4 cm³/mol. The van der Waals surface area contributed by atoms with Crippen LogP contribution in [-0.4, -0.2) is 46.7 Å². The number of hydrogen-bond donors (Lipinski definition) is 0. The number of nitrogens with zero attached hydrogens (tertiary/aromatic N) is 3. The van der Waals surface area contributed by atoms with Gasteiger partial charge in [0.1, 0.15) is 6.61 Å². The number of benzene rings is 1. The van der Waals surface area contributed by atoms with E-state index < -0.39 is 0 Å². The maximum Gasteiger partial charge on any atom is 0.261 e. The van der Waals surface area contributed by atoms with Crippen LogP contribution in [0.3, 0.4) is 0 Å². The topological polar surface area (TPSA) is 64.4 Å². The number of aromatic nitrogens is 2. The van der Waals surface area contributed by atoms with Crippen LogP contribution in [0.15, 0.2) is 29.3 Å². The van der Waals surface area contributed by atoms with Crippen LogP contribution in [0.5, 0.6) is 0 Å². The lowest BCUT2D eigenvalue weighted by Gasteiger charge is -2.30. The Balaban J connectivity index is 1.88. The largest absolute Gasteiger partial charge is 0.365 e. The highest BCUT2D eigenvalue weighted by Crippen LogP contribution is 2.14. The zero-order chi connectivity index (χ0) is 15.0. The summed E-state index contributed by atoms with van der Waals surface area (Å²) >= 11 is 5.89. The molecule has 0 N–H and O–H groups in total. The van der Waals surface area contributed by atoms with Gasteiger partial charge in [-0.1, -0.05) is 11.6 Å². The molecule has 1 aromatic heterocycles. The molecule has 2 heterocycles. The van der Waals surface area contributed by atoms with Gasteiger partial charge in [0.05, 0.1) is 29.9 Å². The summed E-state index contributed by atoms with van der Waals surface area (Å²) in [5, 5.41) is 1.06. The zero-order valence-electron chi connectivity index (χ0n) is 11.5. The Kier molecular flexibility index (Phi) is 3.65. The summed E-state index contributed by atoms with van der Waals surface area (Å²) in [6, 6.07) is 4.99. The van der Waals surface area contributed by atoms with E-state index in [-0.39, 0.29) is 24.2 Å². The highest BCUT2D eigenvalue weighted by atomic mass is 35.5. The van der Waals surface area contributed by atoms with E-state index in [1.807, 2.05) is 0 Å². The highest BCUT2D eigenvalue weighted by Gasteiger charge is 2.24. The van der Waals surface area contributed by atoms with Gasteiger partial charge in [-0.25, -0.2) is 4.98 Å². The molecule has 1 amide bonds. The number of likely N-dealkylation sites (N-methyl/N-ethyl adjacent to an activating group) is 1. The van der Waals surface area contributed by atoms with Gasteiger partial charge in [0, 0.05) is 18.6 Å². The second kappa shape index (κ2) is 5.46. The van der Waals surface area contributed by atoms with Crippen molar-refractivity contribution in [3.63, 3.8) is 0 Å². The van der Waals surface area contributed by atoms with Crippen molar-refractivity contribution in [3.05, 3.63) is 39.9 Å². The maximum absolute atomic E-state index is 12.4. The number of ether oxygens (including phenoxy) is 1. The number of halogens is 1. The van der Waals surface area contributed by atoms with E-state index >= 15 is 0 Å². The Morgan fingerprint density at radius 2 is 2.24 bits per heavy atom. The van der Waals surface area contributed by atoms with Crippen LogP contribution in [0.2, 0.25) is 5.02 Å². The molecule has 21 heavy (non-hydrogen) atoms. The Morgan fingerprint density at radius 1 is 1.43 bits per heavy atom. The van der Waals surface area contributed by atoms with E-state index in [0.717, 1.165) is 0 Å². The molecular weight excluding hydrogens is 294 g/mol. The van der Waals surface area contributed by atoms with E-state index in [4.69, 9.17) is 16.3 Å². The van der Waals surface area contributed by atoms with E-state index in [0.29, 0.717) is 29.0 Å². The predicted octanol–water partition coefficient (Wildman–Crippen LogP) is 0.907. The SMILES string of the molecule is CN1CC(Cn2cnc3cc(Cl)ccc3c2=O)OCC1=O. The molecule has 1 unspecified atom stereocenters. The van der Waals surface area contributed by atoms with Crippen molar-refractivity contribution in [2.45, 2.75) is 12.6 Å². The molecule has 1 aliphatic rings. The van der Waals surface area contributed by atoms with Crippen LogP contribution in [0.1, 0.15) is 0 Å². The fourth-order valence-electron chi connectivity index (χ4n) is 2.35. The monoisotopic (exact) mass is 307 g/mol. The van der Waals surface area contributed by atoms with Crippen LogP contribution >= 0.6 is 11.6 Å². The van der Waals surface area contributed by atoms with E-state index in [9.17, 15) is 9.59 Å². The molecule has 2 aromatic rings. The van der Waals surface area contributed by atoms with Crippen molar-refractivity contribution < 1.29 is 9.53 Å². The van der Waals surface area contributed by atoms with E-state index in [1.165, 1.54) is 10.9 Å². The molecule has 0 radical (unpaired) electrons. The third kappa shape index (κ3) is 2.77. The Morgan fingerprint density at radius 3 is 3.00 bits per heavy atom. The van der Waals surface area contributed by atoms with Crippen molar-refractivity contribution in [1.29, 1.82) is 0 Å². The number of carbonyl (C=O) groups excluding carboxylic acids is 1. The lowest BCUT2D eigenvalue weighted by Crippen LogP contribution is -2.46. The van der Waals surface area contributed by atoms with Crippen LogP contribution < -0.4 is 5.56 Å². The second-order valence-corrected chi connectivity index (χ2v) is 5.51. The first-order valence-electron chi connectivity index (χ1n) is 6.55. The molecule has 1 aliphatic heterocycles. The maximum atomic E-state index is 12.4. The standard InChI is InChI=1S/C14H14ClN3O3/c1-17-5-10(21-7-13(17)19)6-18-8-16-12-4-9(15)2-3-11(12)14(18)20/h2-4,8,10H,5-7H2,1H3. The summed E-state index contributed by atoms with van der Waals surface area (Å²) in [5.41, 5.74) is 0.431. The van der Waals surface area contributed by atoms with Crippen molar-refractivity contribution in [2.75, 3.05) is 20.2 Å². The fourth-order valence-corrected chi connectivity index (χ4v) is 2.52. The summed E-state index contributed by atoms with van der Waals surface area (Å²) in [5.74, 6) is -0.0510. The minimum Gasteiger partial charge on any atom is -0.365 e. The third-order valence-corrected chi connectivity index (χ3v) is 3.77. The zero-order valence-corrected chi connectivity index (χ0v) is 12.2. The van der Waals surface area contributed by atoms with Crippen LogP contribution in [0.4, 0.5) is 0 Å². The number of rotatable bonds is 2. The Labute approximate surface area is 125 Å². The molecule has 0 spiro atoms. The molecule has 0 aliphatic carbocycles. The summed E-state index contributed by atoms with van der Waals surface area (Å²) in [6.45, 7) is 0.873. The van der Waals surface area contributed by atoms with Gasteiger partial charge in [0.25, 0.3) is 5.56 Å². The number of amides is 1. The first kappa shape index (κ1) is 14.0. The van der Waals surface area contributed by atoms with Gasteiger partial charge >= 0.3 is 0 Å². The first-order valence-corrected chi connectivity index (χ1v) is 6.92. The van der Waals surface area contributed by atoms with Crippen molar-refractivity contribution in [1.82, 2.24) is 14.5 Å². The molecule has 0 bridgehead atoms. The number of hydrogen-bond acceptors (Lipinski definition) is 4. The van der Waals surface area contributed by atoms with Gasteiger partial charge in [-0.15, -0.1) is 0 Å². The number of fused-ring (bicyclic) bond motifs is 1. The van der Waals surface area contributed by atoms with Crippen molar-refractivity contribution in [2.24, 2.45) is 0 Å². The lowest BCUT2D eigenvalue weighted by atomic mass is 10.2. The van der Waals surface area contributed by atoms with Crippen LogP contribution in [-0.2, 0) is 16.1 Å². The van der Waals surface area contributed by atoms with Crippen LogP contribution in [0.25, 0.3) is 10.9 Å².